The third-order valence-corrected chi connectivity index (χ3v) is 8.20. The van der Waals surface area contributed by atoms with Crippen molar-refractivity contribution in [3.05, 3.63) is 158 Å². The van der Waals surface area contributed by atoms with Gasteiger partial charge in [-0.3, -0.25) is 9.97 Å². The average Bonchev–Trinajstić information content (AvgIpc) is 3.09. The number of fused-ring (bicyclic) bond motifs is 6. The van der Waals surface area contributed by atoms with Crippen LogP contribution in [0.5, 0.6) is 0 Å². The van der Waals surface area contributed by atoms with Crippen LogP contribution >= 0.6 is 0 Å². The molecule has 0 fully saturated rings. The normalized spacial score (nSPS) is 11.3. The van der Waals surface area contributed by atoms with E-state index in [1.165, 1.54) is 54.6 Å². The van der Waals surface area contributed by atoms with Crippen LogP contribution in [0.25, 0.3) is 77.1 Å². The molecule has 2 nitrogen and oxygen atoms in total. The predicted octanol–water partition coefficient (Wildman–Crippen LogP) is 10.6. The van der Waals surface area contributed by atoms with Gasteiger partial charge in [0.25, 0.3) is 0 Å². The Kier molecular flexibility index (Phi) is 5.82. The van der Waals surface area contributed by atoms with Gasteiger partial charge in [0, 0.05) is 23.5 Å². The number of benzene rings is 7. The van der Waals surface area contributed by atoms with Crippen LogP contribution < -0.4 is 0 Å². The summed E-state index contributed by atoms with van der Waals surface area (Å²) in [5, 5.41) is 7.79. The summed E-state index contributed by atoms with van der Waals surface area (Å²) in [6.07, 6.45) is 3.51. The minimum absolute atomic E-state index is 0.891. The minimum Gasteiger partial charge on any atom is -0.252 e. The van der Waals surface area contributed by atoms with Gasteiger partial charge in [0.1, 0.15) is 0 Å². The first-order valence-electron chi connectivity index (χ1n) is 14.2. The lowest BCUT2D eigenvalue weighted by atomic mass is 9.92. The summed E-state index contributed by atoms with van der Waals surface area (Å²) in [6.45, 7) is 0. The lowest BCUT2D eigenvalue weighted by Gasteiger charge is -2.12. The van der Waals surface area contributed by atoms with Gasteiger partial charge in [-0.15, -0.1) is 0 Å². The number of nitrogens with zero attached hydrogens (tertiary/aromatic N) is 2. The number of hydrogen-bond acceptors (Lipinski definition) is 2. The highest BCUT2D eigenvalue weighted by atomic mass is 14.8. The topological polar surface area (TPSA) is 25.8 Å². The van der Waals surface area contributed by atoms with Crippen LogP contribution in [0.15, 0.2) is 158 Å². The third-order valence-electron chi connectivity index (χ3n) is 8.20. The van der Waals surface area contributed by atoms with Gasteiger partial charge in [0.05, 0.1) is 11.4 Å². The molecule has 0 saturated carbocycles. The second-order valence-electron chi connectivity index (χ2n) is 10.6. The molecule has 8 rings (SSSR count). The number of rotatable bonds is 4. The van der Waals surface area contributed by atoms with E-state index in [4.69, 9.17) is 0 Å². The second kappa shape index (κ2) is 10.1. The van der Waals surface area contributed by atoms with Gasteiger partial charge in [0.2, 0.25) is 0 Å². The summed E-state index contributed by atoms with van der Waals surface area (Å²) in [4.78, 5) is 9.30. The summed E-state index contributed by atoms with van der Waals surface area (Å²) in [5.41, 5.74) is 8.70. The van der Waals surface area contributed by atoms with Gasteiger partial charge in [0.15, 0.2) is 0 Å². The van der Waals surface area contributed by atoms with Crippen molar-refractivity contribution in [1.29, 1.82) is 0 Å². The zero-order chi connectivity index (χ0) is 27.9. The molecule has 0 unspecified atom stereocenters. The third kappa shape index (κ3) is 4.13. The molecule has 0 aliphatic rings. The highest BCUT2D eigenvalue weighted by molar-refractivity contribution is 6.25. The molecule has 0 bridgehead atoms. The largest absolute Gasteiger partial charge is 0.252 e. The molecule has 0 aliphatic heterocycles. The van der Waals surface area contributed by atoms with Crippen molar-refractivity contribution in [2.45, 2.75) is 0 Å². The minimum atomic E-state index is 0.891. The fourth-order valence-electron chi connectivity index (χ4n) is 6.12. The standard InChI is InChI=1S/C40H26N2/c1-2-8-30(9-3-1)39-40(42-25-24-41-39)31-20-18-28(19-21-31)27-14-16-29(17-15-27)32-22-23-37-35-12-5-4-10-33(35)34-11-6-7-13-36(34)38(37)26-32/h1-26H. The SMILES string of the molecule is c1ccc(-c2nccnc2-c2ccc(-c3ccc(-c4ccc5c6ccccc6c6ccccc6c5c4)cc3)cc2)cc1. The van der Waals surface area contributed by atoms with Crippen LogP contribution in [-0.4, -0.2) is 9.97 Å². The summed E-state index contributed by atoms with van der Waals surface area (Å²) in [7, 11) is 0. The van der Waals surface area contributed by atoms with Crippen LogP contribution in [0, 0.1) is 0 Å². The van der Waals surface area contributed by atoms with E-state index >= 15 is 0 Å². The molecule has 8 aromatic rings. The number of aromatic nitrogens is 2. The highest BCUT2D eigenvalue weighted by Crippen LogP contribution is 2.37. The summed E-state index contributed by atoms with van der Waals surface area (Å²) in [6, 6.07) is 52.0. The first-order chi connectivity index (χ1) is 20.8. The Labute approximate surface area is 244 Å². The molecule has 196 valence electrons. The Morgan fingerprint density at radius 1 is 0.262 bits per heavy atom. The fourth-order valence-corrected chi connectivity index (χ4v) is 6.12. The van der Waals surface area contributed by atoms with E-state index in [1.807, 2.05) is 18.2 Å². The molecular weight excluding hydrogens is 508 g/mol. The van der Waals surface area contributed by atoms with Crippen LogP contribution in [0.1, 0.15) is 0 Å². The fraction of sp³-hybridized carbons (Fsp3) is 0. The molecule has 0 aliphatic carbocycles. The van der Waals surface area contributed by atoms with Gasteiger partial charge in [-0.1, -0.05) is 140 Å². The summed E-state index contributed by atoms with van der Waals surface area (Å²) < 4.78 is 0. The molecule has 0 spiro atoms. The molecule has 1 aromatic heterocycles. The molecule has 0 radical (unpaired) electrons. The van der Waals surface area contributed by atoms with E-state index in [-0.39, 0.29) is 0 Å². The Balaban J connectivity index is 1.13. The van der Waals surface area contributed by atoms with Gasteiger partial charge in [-0.2, -0.15) is 0 Å². The van der Waals surface area contributed by atoms with Crippen molar-refractivity contribution >= 4 is 32.3 Å². The van der Waals surface area contributed by atoms with Crippen molar-refractivity contribution in [3.8, 4) is 44.8 Å². The van der Waals surface area contributed by atoms with E-state index in [9.17, 15) is 0 Å². The van der Waals surface area contributed by atoms with Crippen LogP contribution in [-0.2, 0) is 0 Å². The van der Waals surface area contributed by atoms with Crippen LogP contribution in [0.4, 0.5) is 0 Å². The smallest absolute Gasteiger partial charge is 0.0965 e. The number of hydrogen-bond donors (Lipinski definition) is 0. The van der Waals surface area contributed by atoms with Crippen molar-refractivity contribution < 1.29 is 0 Å². The van der Waals surface area contributed by atoms with Gasteiger partial charge >= 0.3 is 0 Å². The van der Waals surface area contributed by atoms with Crippen molar-refractivity contribution in [3.63, 3.8) is 0 Å². The van der Waals surface area contributed by atoms with Crippen molar-refractivity contribution in [2.75, 3.05) is 0 Å². The molecule has 42 heavy (non-hydrogen) atoms. The maximum Gasteiger partial charge on any atom is 0.0965 e. The molecule has 7 aromatic carbocycles. The van der Waals surface area contributed by atoms with E-state index in [2.05, 4.69) is 137 Å². The highest BCUT2D eigenvalue weighted by Gasteiger charge is 2.12. The molecule has 0 atom stereocenters. The average molecular weight is 535 g/mol. The first-order valence-corrected chi connectivity index (χ1v) is 14.2. The summed E-state index contributed by atoms with van der Waals surface area (Å²) in [5.74, 6) is 0. The van der Waals surface area contributed by atoms with Crippen LogP contribution in [0.3, 0.4) is 0 Å². The molecule has 0 amide bonds. The Bertz CT molecular complexity index is 2180. The molecule has 2 heteroatoms. The van der Waals surface area contributed by atoms with Gasteiger partial charge < -0.3 is 0 Å². The lowest BCUT2D eigenvalue weighted by Crippen LogP contribution is -1.92. The quantitative estimate of drug-likeness (QED) is 0.210. The van der Waals surface area contributed by atoms with Crippen molar-refractivity contribution in [1.82, 2.24) is 9.97 Å². The zero-order valence-corrected chi connectivity index (χ0v) is 22.9. The maximum absolute atomic E-state index is 4.67. The second-order valence-corrected chi connectivity index (χ2v) is 10.6. The van der Waals surface area contributed by atoms with Crippen molar-refractivity contribution in [2.24, 2.45) is 0 Å². The molecule has 1 heterocycles. The Morgan fingerprint density at radius 3 is 1.14 bits per heavy atom. The van der Waals surface area contributed by atoms with E-state index in [1.54, 1.807) is 12.4 Å². The first kappa shape index (κ1) is 24.2. The van der Waals surface area contributed by atoms with Crippen LogP contribution in [0.2, 0.25) is 0 Å². The molecule has 0 N–H and O–H groups in total. The van der Waals surface area contributed by atoms with Gasteiger partial charge in [-0.25, -0.2) is 0 Å². The molecular formula is C40H26N2. The monoisotopic (exact) mass is 534 g/mol. The zero-order valence-electron chi connectivity index (χ0n) is 22.9. The van der Waals surface area contributed by atoms with E-state index < -0.39 is 0 Å². The lowest BCUT2D eigenvalue weighted by molar-refractivity contribution is 1.21. The predicted molar refractivity (Wildman–Crippen MR) is 176 cm³/mol. The van der Waals surface area contributed by atoms with Gasteiger partial charge in [-0.05, 0) is 60.6 Å². The Morgan fingerprint density at radius 2 is 0.619 bits per heavy atom. The van der Waals surface area contributed by atoms with E-state index in [0.29, 0.717) is 0 Å². The summed E-state index contributed by atoms with van der Waals surface area (Å²) >= 11 is 0. The Hall–Kier alpha value is -5.60. The maximum atomic E-state index is 4.67. The van der Waals surface area contributed by atoms with E-state index in [0.717, 1.165) is 22.5 Å². The molecule has 0 saturated heterocycles.